The highest BCUT2D eigenvalue weighted by Gasteiger charge is 2.47. The zero-order valence-corrected chi connectivity index (χ0v) is 30.7. The van der Waals surface area contributed by atoms with E-state index in [9.17, 15) is 23.7 Å². The molecule has 3 unspecified atom stereocenters. The van der Waals surface area contributed by atoms with Gasteiger partial charge in [-0.1, -0.05) is 24.3 Å². The molecule has 12 heteroatoms. The van der Waals surface area contributed by atoms with E-state index in [2.05, 4.69) is 42.2 Å². The summed E-state index contributed by atoms with van der Waals surface area (Å²) in [7, 11) is -3.21. The Labute approximate surface area is 300 Å². The van der Waals surface area contributed by atoms with Gasteiger partial charge in [0.2, 0.25) is 0 Å². The van der Waals surface area contributed by atoms with Crippen LogP contribution in [0.1, 0.15) is 61.6 Å². The van der Waals surface area contributed by atoms with Crippen molar-refractivity contribution in [1.29, 1.82) is 0 Å². The van der Waals surface area contributed by atoms with Crippen LogP contribution in [0.25, 0.3) is 11.1 Å². The van der Waals surface area contributed by atoms with E-state index < -0.39 is 28.1 Å². The van der Waals surface area contributed by atoms with E-state index in [1.807, 2.05) is 35.5 Å². The summed E-state index contributed by atoms with van der Waals surface area (Å²) >= 11 is 1.76. The van der Waals surface area contributed by atoms with Crippen LogP contribution in [-0.2, 0) is 26.8 Å². The highest BCUT2D eigenvalue weighted by Crippen LogP contribution is 2.53. The van der Waals surface area contributed by atoms with Gasteiger partial charge in [0, 0.05) is 54.4 Å². The van der Waals surface area contributed by atoms with Gasteiger partial charge in [0.05, 0.1) is 36.3 Å². The summed E-state index contributed by atoms with van der Waals surface area (Å²) in [6.07, 6.45) is 6.96. The van der Waals surface area contributed by atoms with E-state index in [4.69, 9.17) is 14.6 Å². The van der Waals surface area contributed by atoms with E-state index in [1.54, 1.807) is 11.8 Å². The van der Waals surface area contributed by atoms with Crippen LogP contribution in [0.15, 0.2) is 65.8 Å². The minimum atomic E-state index is -3.21. The molecule has 2 fully saturated rings. The van der Waals surface area contributed by atoms with Crippen LogP contribution < -0.4 is 4.74 Å². The number of aryl methyl sites for hydroxylation is 1. The second kappa shape index (κ2) is 17.8. The summed E-state index contributed by atoms with van der Waals surface area (Å²) in [5.74, 6) is 1.70. The third-order valence-corrected chi connectivity index (χ3v) is 11.4. The van der Waals surface area contributed by atoms with Crippen molar-refractivity contribution in [3.63, 3.8) is 0 Å². The first-order chi connectivity index (χ1) is 24.0. The van der Waals surface area contributed by atoms with Crippen molar-refractivity contribution in [2.45, 2.75) is 93.4 Å². The van der Waals surface area contributed by atoms with Crippen molar-refractivity contribution >= 4 is 21.6 Å². The van der Waals surface area contributed by atoms with E-state index in [0.717, 1.165) is 77.2 Å². The van der Waals surface area contributed by atoms with Crippen LogP contribution in [0, 0.1) is 6.92 Å². The Morgan fingerprint density at radius 1 is 1.02 bits per heavy atom. The quantitative estimate of drug-likeness (QED) is 0.0857. The van der Waals surface area contributed by atoms with Crippen molar-refractivity contribution in [3.05, 3.63) is 77.6 Å². The lowest BCUT2D eigenvalue weighted by Crippen LogP contribution is -2.46. The second-order valence-corrected chi connectivity index (χ2v) is 17.2. The van der Waals surface area contributed by atoms with Crippen LogP contribution >= 0.6 is 11.8 Å². The monoisotopic (exact) mass is 728 g/mol. The lowest BCUT2D eigenvalue weighted by Gasteiger charge is -2.29. The lowest BCUT2D eigenvalue weighted by molar-refractivity contribution is -0.0743. The lowest BCUT2D eigenvalue weighted by atomic mass is 9.96. The first kappa shape index (κ1) is 38.7. The molecule has 0 radical (unpaired) electrons. The molecule has 3 aromatic rings. The number of aliphatic hydroxyl groups is 4. The molecule has 1 heterocycles. The Hall–Kier alpha value is -2.55. The Bertz CT molecular complexity index is 1650. The standard InChI is InChI=1S/C38H52N2O8S2/c1-27-9-12-30(49-21-6-5-18-40(19-22-50(2,45)46)25-35(43)37(44)34(42)14-20-41)23-28(27)26-47-38(15-16-38)33-24-39-17-13-31(33)32-7-3-4-8-36(32)48-29-10-11-29/h3-4,7-9,12-13,17,23-24,29,34-35,37,41-44H,5-6,10-11,14-16,18-22,25-26H2,1-2H3. The van der Waals surface area contributed by atoms with E-state index in [-0.39, 0.29) is 37.5 Å². The average molecular weight is 729 g/mol. The first-order valence-electron chi connectivity index (χ1n) is 17.6. The van der Waals surface area contributed by atoms with E-state index >= 15 is 0 Å². The molecule has 274 valence electrons. The average Bonchev–Trinajstić information content (AvgIpc) is 4.04. The molecular formula is C38H52N2O8S2. The van der Waals surface area contributed by atoms with Crippen molar-refractivity contribution in [2.75, 3.05) is 44.0 Å². The number of hydrogen-bond acceptors (Lipinski definition) is 11. The van der Waals surface area contributed by atoms with Gasteiger partial charge >= 0.3 is 0 Å². The van der Waals surface area contributed by atoms with Gasteiger partial charge in [-0.3, -0.25) is 9.88 Å². The maximum absolute atomic E-state index is 11.8. The predicted molar refractivity (Wildman–Crippen MR) is 196 cm³/mol. The topological polar surface area (TPSA) is 150 Å². The summed E-state index contributed by atoms with van der Waals surface area (Å²) < 4.78 is 36.6. The maximum Gasteiger partial charge on any atom is 0.148 e. The van der Waals surface area contributed by atoms with Gasteiger partial charge in [0.25, 0.3) is 0 Å². The molecule has 0 saturated heterocycles. The largest absolute Gasteiger partial charge is 0.490 e. The smallest absolute Gasteiger partial charge is 0.148 e. The highest BCUT2D eigenvalue weighted by molar-refractivity contribution is 7.99. The van der Waals surface area contributed by atoms with Gasteiger partial charge < -0.3 is 29.9 Å². The zero-order valence-electron chi connectivity index (χ0n) is 29.1. The number of sulfone groups is 1. The molecule has 2 aliphatic rings. The minimum Gasteiger partial charge on any atom is -0.490 e. The molecule has 0 bridgehead atoms. The molecule has 4 N–H and O–H groups in total. The molecule has 0 aliphatic heterocycles. The molecule has 2 aromatic carbocycles. The number of benzene rings is 2. The molecule has 10 nitrogen and oxygen atoms in total. The van der Waals surface area contributed by atoms with Crippen molar-refractivity contribution in [1.82, 2.24) is 9.88 Å². The Kier molecular flexibility index (Phi) is 13.8. The molecule has 0 spiro atoms. The van der Waals surface area contributed by atoms with Crippen LogP contribution in [0.5, 0.6) is 5.75 Å². The van der Waals surface area contributed by atoms with Crippen LogP contribution in [0.4, 0.5) is 0 Å². The number of aromatic nitrogens is 1. The molecule has 2 aliphatic carbocycles. The minimum absolute atomic E-state index is 0.0242. The fourth-order valence-corrected chi connectivity index (χ4v) is 7.58. The maximum atomic E-state index is 11.8. The fraction of sp³-hybridized carbons (Fsp3) is 0.553. The summed E-state index contributed by atoms with van der Waals surface area (Å²) in [4.78, 5) is 7.45. The zero-order chi connectivity index (χ0) is 35.7. The first-order valence-corrected chi connectivity index (χ1v) is 20.6. The number of aliphatic hydroxyl groups excluding tert-OH is 4. The molecule has 2 saturated carbocycles. The number of pyridine rings is 1. The summed E-state index contributed by atoms with van der Waals surface area (Å²) in [5.41, 5.74) is 5.22. The van der Waals surface area contributed by atoms with Gasteiger partial charge in [-0.25, -0.2) is 8.42 Å². The Morgan fingerprint density at radius 3 is 2.52 bits per heavy atom. The summed E-state index contributed by atoms with van der Waals surface area (Å²) in [5, 5.41) is 39.7. The number of nitrogens with zero attached hydrogens (tertiary/aromatic N) is 2. The number of hydrogen-bond donors (Lipinski definition) is 4. The number of para-hydroxylation sites is 1. The second-order valence-electron chi connectivity index (χ2n) is 13.7. The fourth-order valence-electron chi connectivity index (χ4n) is 6.01. The van der Waals surface area contributed by atoms with Gasteiger partial charge in [-0.15, -0.1) is 11.8 Å². The van der Waals surface area contributed by atoms with Gasteiger partial charge in [-0.05, 0) is 105 Å². The normalized spacial score (nSPS) is 17.4. The summed E-state index contributed by atoms with van der Waals surface area (Å²) in [6, 6.07) is 16.8. The molecule has 50 heavy (non-hydrogen) atoms. The molecule has 3 atom stereocenters. The van der Waals surface area contributed by atoms with Gasteiger partial charge in [-0.2, -0.15) is 0 Å². The van der Waals surface area contributed by atoms with Crippen LogP contribution in [0.2, 0.25) is 0 Å². The van der Waals surface area contributed by atoms with Gasteiger partial charge in [0.15, 0.2) is 0 Å². The van der Waals surface area contributed by atoms with E-state index in [1.165, 1.54) is 11.8 Å². The molecule has 1 aromatic heterocycles. The Balaban J connectivity index is 1.15. The van der Waals surface area contributed by atoms with Crippen molar-refractivity contribution < 1.29 is 38.3 Å². The van der Waals surface area contributed by atoms with Crippen molar-refractivity contribution in [3.8, 4) is 16.9 Å². The van der Waals surface area contributed by atoms with Gasteiger partial charge in [0.1, 0.15) is 21.7 Å². The Morgan fingerprint density at radius 2 is 1.80 bits per heavy atom. The number of rotatable bonds is 22. The number of unbranched alkanes of at least 4 members (excludes halogenated alkanes) is 1. The van der Waals surface area contributed by atoms with Crippen LogP contribution in [-0.4, -0.2) is 107 Å². The highest BCUT2D eigenvalue weighted by atomic mass is 32.2. The SMILES string of the molecule is Cc1ccc(SCCCCN(CCS(C)(=O)=O)CC(O)C(O)C(O)CCO)cc1COC1(c2cnccc2-c2ccccc2OC2CC2)CC1. The molecule has 5 rings (SSSR count). The number of ether oxygens (including phenoxy) is 2. The van der Waals surface area contributed by atoms with E-state index in [0.29, 0.717) is 19.3 Å². The van der Waals surface area contributed by atoms with Crippen LogP contribution in [0.3, 0.4) is 0 Å². The predicted octanol–water partition coefficient (Wildman–Crippen LogP) is 4.49. The third kappa shape index (κ3) is 11.2. The summed E-state index contributed by atoms with van der Waals surface area (Å²) in [6.45, 7) is 3.07. The third-order valence-electron chi connectivity index (χ3n) is 9.41. The number of thioether (sulfide) groups is 1. The van der Waals surface area contributed by atoms with Crippen molar-refractivity contribution in [2.24, 2.45) is 0 Å². The molecular weight excluding hydrogens is 677 g/mol. The molecule has 0 amide bonds.